The summed E-state index contributed by atoms with van der Waals surface area (Å²) in [6, 6.07) is 14.1. The van der Waals surface area contributed by atoms with Gasteiger partial charge in [-0.15, -0.1) is 0 Å². The number of amides is 1. The molecule has 0 saturated heterocycles. The zero-order valence-corrected chi connectivity index (χ0v) is 16.3. The molecule has 0 atom stereocenters. The first-order valence-electron chi connectivity index (χ1n) is 8.78. The van der Waals surface area contributed by atoms with E-state index in [0.29, 0.717) is 28.4 Å². The SMILES string of the molecule is CCc1cc(=O)n(CC(=O)N(C)c2cccc(Cl)c2)c(-c2cccc(F)c2)n1. The normalized spacial score (nSPS) is 10.7. The van der Waals surface area contributed by atoms with Crippen LogP contribution in [0.15, 0.2) is 59.4 Å². The molecule has 0 unspecified atom stereocenters. The molecule has 7 heteroatoms. The Kier molecular flexibility index (Phi) is 5.90. The molecule has 0 fully saturated rings. The van der Waals surface area contributed by atoms with Crippen LogP contribution in [0, 0.1) is 5.82 Å². The molecule has 0 aliphatic carbocycles. The van der Waals surface area contributed by atoms with E-state index in [1.807, 2.05) is 6.92 Å². The lowest BCUT2D eigenvalue weighted by Crippen LogP contribution is -2.35. The zero-order chi connectivity index (χ0) is 20.3. The fourth-order valence-corrected chi connectivity index (χ4v) is 2.99. The summed E-state index contributed by atoms with van der Waals surface area (Å²) in [5.41, 5.74) is 1.26. The van der Waals surface area contributed by atoms with Gasteiger partial charge in [-0.2, -0.15) is 0 Å². The van der Waals surface area contributed by atoms with E-state index < -0.39 is 5.82 Å². The molecule has 144 valence electrons. The van der Waals surface area contributed by atoms with Crippen LogP contribution in [0.4, 0.5) is 10.1 Å². The third kappa shape index (κ3) is 4.28. The Balaban J connectivity index is 2.01. The van der Waals surface area contributed by atoms with Crippen LogP contribution in [0.1, 0.15) is 12.6 Å². The topological polar surface area (TPSA) is 55.2 Å². The maximum atomic E-state index is 13.7. The number of hydrogen-bond donors (Lipinski definition) is 0. The molecule has 0 saturated carbocycles. The predicted octanol–water partition coefficient (Wildman–Crippen LogP) is 3.93. The highest BCUT2D eigenvalue weighted by Crippen LogP contribution is 2.20. The highest BCUT2D eigenvalue weighted by Gasteiger charge is 2.17. The minimum atomic E-state index is -0.442. The number of aromatic nitrogens is 2. The van der Waals surface area contributed by atoms with Gasteiger partial charge >= 0.3 is 0 Å². The van der Waals surface area contributed by atoms with E-state index in [2.05, 4.69) is 4.98 Å². The number of hydrogen-bond acceptors (Lipinski definition) is 3. The number of anilines is 1. The Morgan fingerprint density at radius 1 is 1.18 bits per heavy atom. The minimum absolute atomic E-state index is 0.231. The average Bonchev–Trinajstić information content (AvgIpc) is 2.68. The first-order chi connectivity index (χ1) is 13.4. The fourth-order valence-electron chi connectivity index (χ4n) is 2.81. The van der Waals surface area contributed by atoms with Crippen LogP contribution in [0.5, 0.6) is 0 Å². The third-order valence-corrected chi connectivity index (χ3v) is 4.60. The van der Waals surface area contributed by atoms with E-state index in [9.17, 15) is 14.0 Å². The second-order valence-electron chi connectivity index (χ2n) is 6.29. The van der Waals surface area contributed by atoms with Crippen molar-refractivity contribution in [1.82, 2.24) is 9.55 Å². The Morgan fingerprint density at radius 2 is 1.93 bits per heavy atom. The molecule has 0 N–H and O–H groups in total. The molecule has 5 nitrogen and oxygen atoms in total. The molecule has 0 bridgehead atoms. The molecular formula is C21H19ClFN3O2. The van der Waals surface area contributed by atoms with Crippen LogP contribution < -0.4 is 10.5 Å². The maximum absolute atomic E-state index is 13.7. The van der Waals surface area contributed by atoms with Crippen molar-refractivity contribution in [2.24, 2.45) is 0 Å². The number of aryl methyl sites for hydroxylation is 1. The van der Waals surface area contributed by atoms with Gasteiger partial charge in [0.05, 0.1) is 0 Å². The van der Waals surface area contributed by atoms with E-state index in [1.165, 1.54) is 27.7 Å². The molecule has 1 heterocycles. The van der Waals surface area contributed by atoms with Crippen molar-refractivity contribution in [3.8, 4) is 11.4 Å². The Bertz CT molecular complexity index is 1080. The summed E-state index contributed by atoms with van der Waals surface area (Å²) in [6.45, 7) is 1.64. The summed E-state index contributed by atoms with van der Waals surface area (Å²) >= 11 is 5.99. The van der Waals surface area contributed by atoms with Gasteiger partial charge in [-0.3, -0.25) is 14.2 Å². The third-order valence-electron chi connectivity index (χ3n) is 4.37. The predicted molar refractivity (Wildman–Crippen MR) is 108 cm³/mol. The molecule has 3 aromatic rings. The monoisotopic (exact) mass is 399 g/mol. The van der Waals surface area contributed by atoms with Crippen LogP contribution in [0.3, 0.4) is 0 Å². The van der Waals surface area contributed by atoms with E-state index in [-0.39, 0.29) is 23.8 Å². The second kappa shape index (κ2) is 8.35. The largest absolute Gasteiger partial charge is 0.314 e. The molecule has 2 aromatic carbocycles. The molecule has 0 aliphatic rings. The number of carbonyl (C=O) groups is 1. The standard InChI is InChI=1S/C21H19ClFN3O2/c1-3-17-12-19(27)26(21(24-17)14-6-4-8-16(23)10-14)13-20(28)25(2)18-9-5-7-15(22)11-18/h4-12H,3,13H2,1-2H3. The van der Waals surface area contributed by atoms with Gasteiger partial charge < -0.3 is 4.90 Å². The first kappa shape index (κ1) is 19.8. The van der Waals surface area contributed by atoms with Gasteiger partial charge in [-0.25, -0.2) is 9.37 Å². The molecule has 0 spiro atoms. The van der Waals surface area contributed by atoms with Gasteiger partial charge in [0.1, 0.15) is 18.2 Å². The van der Waals surface area contributed by atoms with E-state index in [1.54, 1.807) is 43.4 Å². The number of halogens is 2. The maximum Gasteiger partial charge on any atom is 0.254 e. The average molecular weight is 400 g/mol. The lowest BCUT2D eigenvalue weighted by molar-refractivity contribution is -0.118. The van der Waals surface area contributed by atoms with Gasteiger partial charge in [0.25, 0.3) is 5.56 Å². The number of rotatable bonds is 5. The van der Waals surface area contributed by atoms with E-state index >= 15 is 0 Å². The van der Waals surface area contributed by atoms with Crippen LogP contribution >= 0.6 is 11.6 Å². The first-order valence-corrected chi connectivity index (χ1v) is 9.15. The highest BCUT2D eigenvalue weighted by molar-refractivity contribution is 6.30. The fraction of sp³-hybridized carbons (Fsp3) is 0.190. The van der Waals surface area contributed by atoms with Crippen molar-refractivity contribution < 1.29 is 9.18 Å². The summed E-state index contributed by atoms with van der Waals surface area (Å²) in [5.74, 6) is -0.507. The zero-order valence-electron chi connectivity index (χ0n) is 15.5. The molecular weight excluding hydrogens is 381 g/mol. The molecule has 28 heavy (non-hydrogen) atoms. The summed E-state index contributed by atoms with van der Waals surface area (Å²) in [6.07, 6.45) is 0.550. The lowest BCUT2D eigenvalue weighted by atomic mass is 10.2. The number of likely N-dealkylation sites (N-methyl/N-ethyl adjacent to an activating group) is 1. The minimum Gasteiger partial charge on any atom is -0.314 e. The van der Waals surface area contributed by atoms with Crippen molar-refractivity contribution in [3.63, 3.8) is 0 Å². The quantitative estimate of drug-likeness (QED) is 0.653. The highest BCUT2D eigenvalue weighted by atomic mass is 35.5. The lowest BCUT2D eigenvalue weighted by Gasteiger charge is -2.20. The van der Waals surface area contributed by atoms with E-state index in [4.69, 9.17) is 11.6 Å². The van der Waals surface area contributed by atoms with Gasteiger partial charge in [0.15, 0.2) is 0 Å². The molecule has 0 aliphatic heterocycles. The van der Waals surface area contributed by atoms with Crippen LogP contribution in [-0.4, -0.2) is 22.5 Å². The Labute approximate surface area is 167 Å². The number of carbonyl (C=O) groups excluding carboxylic acids is 1. The van der Waals surface area contributed by atoms with Crippen molar-refractivity contribution in [2.45, 2.75) is 19.9 Å². The summed E-state index contributed by atoms with van der Waals surface area (Å²) in [7, 11) is 1.61. The van der Waals surface area contributed by atoms with Crippen LogP contribution in [-0.2, 0) is 17.8 Å². The number of benzene rings is 2. The molecule has 1 amide bonds. The molecule has 0 radical (unpaired) electrons. The van der Waals surface area contributed by atoms with Crippen molar-refractivity contribution in [1.29, 1.82) is 0 Å². The van der Waals surface area contributed by atoms with Crippen molar-refractivity contribution in [3.05, 3.63) is 81.5 Å². The molecule has 3 rings (SSSR count). The summed E-state index contributed by atoms with van der Waals surface area (Å²) < 4.78 is 15.0. The smallest absolute Gasteiger partial charge is 0.254 e. The Morgan fingerprint density at radius 3 is 2.61 bits per heavy atom. The van der Waals surface area contributed by atoms with Crippen molar-refractivity contribution >= 4 is 23.2 Å². The van der Waals surface area contributed by atoms with Gasteiger partial charge in [-0.1, -0.05) is 36.7 Å². The number of nitrogens with zero attached hydrogens (tertiary/aromatic N) is 3. The second-order valence-corrected chi connectivity index (χ2v) is 6.73. The van der Waals surface area contributed by atoms with Gasteiger partial charge in [-0.05, 0) is 36.8 Å². The van der Waals surface area contributed by atoms with Gasteiger partial charge in [0.2, 0.25) is 5.91 Å². The van der Waals surface area contributed by atoms with Gasteiger partial charge in [0, 0.05) is 35.1 Å². The molecule has 1 aromatic heterocycles. The summed E-state index contributed by atoms with van der Waals surface area (Å²) in [4.78, 5) is 31.4. The van der Waals surface area contributed by atoms with Crippen LogP contribution in [0.25, 0.3) is 11.4 Å². The Hall–Kier alpha value is -2.99. The summed E-state index contributed by atoms with van der Waals surface area (Å²) in [5, 5.41) is 0.503. The van der Waals surface area contributed by atoms with E-state index in [0.717, 1.165) is 0 Å². The van der Waals surface area contributed by atoms with Crippen LogP contribution in [0.2, 0.25) is 5.02 Å². The van der Waals surface area contributed by atoms with Crippen molar-refractivity contribution in [2.75, 3.05) is 11.9 Å².